The van der Waals surface area contributed by atoms with Crippen molar-refractivity contribution in [2.75, 3.05) is 31.1 Å². The predicted octanol–water partition coefficient (Wildman–Crippen LogP) is -0.758. The Bertz CT molecular complexity index is 628. The maximum atomic E-state index is 6.05. The van der Waals surface area contributed by atoms with E-state index in [2.05, 4.69) is 34.8 Å². The zero-order valence-corrected chi connectivity index (χ0v) is 12.5. The van der Waals surface area contributed by atoms with Crippen LogP contribution in [0.25, 0.3) is 0 Å². The molecule has 0 spiro atoms. The van der Waals surface area contributed by atoms with Crippen LogP contribution in [-0.2, 0) is 13.6 Å². The summed E-state index contributed by atoms with van der Waals surface area (Å²) in [6.07, 6.45) is 5.16. The molecule has 0 unspecified atom stereocenters. The zero-order valence-electron chi connectivity index (χ0n) is 12.5. The number of guanidine groups is 1. The van der Waals surface area contributed by atoms with E-state index >= 15 is 0 Å². The van der Waals surface area contributed by atoms with Gasteiger partial charge in [0, 0.05) is 45.6 Å². The molecule has 1 saturated heterocycles. The molecule has 0 atom stereocenters. The quantitative estimate of drug-likeness (QED) is 0.587. The summed E-state index contributed by atoms with van der Waals surface area (Å²) in [5.41, 5.74) is 6.05. The number of aliphatic imine (C=N–C) groups is 1. The number of piperazine rings is 1. The molecule has 0 aromatic carbocycles. The van der Waals surface area contributed by atoms with Gasteiger partial charge >= 0.3 is 0 Å². The second-order valence-electron chi connectivity index (χ2n) is 5.03. The molecule has 1 aliphatic rings. The van der Waals surface area contributed by atoms with Crippen LogP contribution in [0.4, 0.5) is 5.95 Å². The van der Waals surface area contributed by atoms with E-state index in [1.165, 1.54) is 0 Å². The molecule has 2 aromatic rings. The summed E-state index contributed by atoms with van der Waals surface area (Å²) in [7, 11) is 1.83. The predicted molar refractivity (Wildman–Crippen MR) is 82.1 cm³/mol. The van der Waals surface area contributed by atoms with Crippen LogP contribution in [-0.4, -0.2) is 61.8 Å². The number of nitrogens with zero attached hydrogens (tertiary/aromatic N) is 8. The Balaban J connectivity index is 1.54. The third kappa shape index (κ3) is 3.30. The molecule has 0 saturated carbocycles. The Morgan fingerprint density at radius 1 is 1.18 bits per heavy atom. The summed E-state index contributed by atoms with van der Waals surface area (Å²) in [6.45, 7) is 3.63. The lowest BCUT2D eigenvalue weighted by Gasteiger charge is -2.35. The lowest BCUT2D eigenvalue weighted by atomic mass is 10.3. The van der Waals surface area contributed by atoms with Crippen LogP contribution in [0.15, 0.2) is 29.8 Å². The number of aromatic nitrogens is 5. The maximum absolute atomic E-state index is 6.05. The van der Waals surface area contributed by atoms with Crippen LogP contribution in [0.3, 0.4) is 0 Å². The van der Waals surface area contributed by atoms with E-state index in [9.17, 15) is 0 Å². The summed E-state index contributed by atoms with van der Waals surface area (Å²) >= 11 is 0. The second-order valence-corrected chi connectivity index (χ2v) is 5.03. The van der Waals surface area contributed by atoms with Crippen molar-refractivity contribution in [3.63, 3.8) is 0 Å². The maximum Gasteiger partial charge on any atom is 0.225 e. The van der Waals surface area contributed by atoms with E-state index in [0.29, 0.717) is 18.3 Å². The van der Waals surface area contributed by atoms with Gasteiger partial charge < -0.3 is 15.5 Å². The Kier molecular flexibility index (Phi) is 4.12. The Morgan fingerprint density at radius 2 is 1.91 bits per heavy atom. The van der Waals surface area contributed by atoms with Gasteiger partial charge in [-0.25, -0.2) is 19.9 Å². The molecule has 2 aromatic heterocycles. The molecular weight excluding hydrogens is 282 g/mol. The minimum Gasteiger partial charge on any atom is -0.370 e. The van der Waals surface area contributed by atoms with Gasteiger partial charge in [-0.15, -0.1) is 0 Å². The number of hydrogen-bond acceptors (Lipinski definition) is 6. The highest BCUT2D eigenvalue weighted by molar-refractivity contribution is 5.78. The Labute approximate surface area is 128 Å². The minimum atomic E-state index is 0.398. The van der Waals surface area contributed by atoms with Crippen molar-refractivity contribution in [2.45, 2.75) is 6.54 Å². The molecule has 3 heterocycles. The Morgan fingerprint density at radius 3 is 2.55 bits per heavy atom. The topological polar surface area (TPSA) is 101 Å². The number of hydrogen-bond donors (Lipinski definition) is 1. The van der Waals surface area contributed by atoms with Gasteiger partial charge in [0.05, 0.1) is 0 Å². The first-order valence-electron chi connectivity index (χ1n) is 7.14. The standard InChI is InChI=1S/C13H19N9/c1-20-10-18-11(19-20)9-17-12(14)21-5-7-22(8-6-21)13-15-3-2-4-16-13/h2-4,10H,5-9H2,1H3,(H2,14,17). The highest BCUT2D eigenvalue weighted by Gasteiger charge is 2.19. The fraction of sp³-hybridized carbons (Fsp3) is 0.462. The van der Waals surface area contributed by atoms with Gasteiger partial charge in [-0.2, -0.15) is 5.10 Å². The number of nitrogens with two attached hydrogens (primary N) is 1. The first kappa shape index (κ1) is 14.2. The van der Waals surface area contributed by atoms with Crippen molar-refractivity contribution in [3.05, 3.63) is 30.6 Å². The summed E-state index contributed by atoms with van der Waals surface area (Å²) in [6, 6.07) is 1.82. The van der Waals surface area contributed by atoms with E-state index in [1.807, 2.05) is 13.1 Å². The number of anilines is 1. The van der Waals surface area contributed by atoms with Gasteiger partial charge in [0.15, 0.2) is 11.8 Å². The number of rotatable bonds is 3. The highest BCUT2D eigenvalue weighted by Crippen LogP contribution is 2.09. The van der Waals surface area contributed by atoms with Crippen molar-refractivity contribution >= 4 is 11.9 Å². The molecule has 9 heteroatoms. The largest absolute Gasteiger partial charge is 0.370 e. The molecule has 0 aliphatic carbocycles. The lowest BCUT2D eigenvalue weighted by molar-refractivity contribution is 0.378. The average Bonchev–Trinajstić information content (AvgIpc) is 2.99. The summed E-state index contributed by atoms with van der Waals surface area (Å²) in [4.78, 5) is 21.2. The zero-order chi connectivity index (χ0) is 15.4. The van der Waals surface area contributed by atoms with Crippen molar-refractivity contribution in [1.82, 2.24) is 29.6 Å². The lowest BCUT2D eigenvalue weighted by Crippen LogP contribution is -2.51. The molecule has 1 fully saturated rings. The smallest absolute Gasteiger partial charge is 0.225 e. The molecule has 1 aliphatic heterocycles. The summed E-state index contributed by atoms with van der Waals surface area (Å²) in [5, 5.41) is 4.18. The molecule has 22 heavy (non-hydrogen) atoms. The van der Waals surface area contributed by atoms with Crippen molar-refractivity contribution < 1.29 is 0 Å². The molecular formula is C13H19N9. The minimum absolute atomic E-state index is 0.398. The van der Waals surface area contributed by atoms with Gasteiger partial charge in [0.1, 0.15) is 12.9 Å². The first-order valence-corrected chi connectivity index (χ1v) is 7.14. The van der Waals surface area contributed by atoms with E-state index in [4.69, 9.17) is 5.73 Å². The highest BCUT2D eigenvalue weighted by atomic mass is 15.4. The van der Waals surface area contributed by atoms with Crippen LogP contribution in [0.1, 0.15) is 5.82 Å². The monoisotopic (exact) mass is 301 g/mol. The molecule has 3 rings (SSSR count). The third-order valence-electron chi connectivity index (χ3n) is 3.47. The number of aryl methyl sites for hydroxylation is 1. The fourth-order valence-electron chi connectivity index (χ4n) is 2.30. The molecule has 9 nitrogen and oxygen atoms in total. The SMILES string of the molecule is Cn1cnc(CN=C(N)N2CCN(c3ncccn3)CC2)n1. The summed E-state index contributed by atoms with van der Waals surface area (Å²) in [5.74, 6) is 1.96. The van der Waals surface area contributed by atoms with E-state index in [1.54, 1.807) is 23.4 Å². The molecule has 0 amide bonds. The average molecular weight is 301 g/mol. The summed E-state index contributed by atoms with van der Waals surface area (Å²) < 4.78 is 1.65. The van der Waals surface area contributed by atoms with Gasteiger partial charge in [-0.1, -0.05) is 0 Å². The van der Waals surface area contributed by atoms with Crippen LogP contribution in [0.2, 0.25) is 0 Å². The van der Waals surface area contributed by atoms with Crippen LogP contribution < -0.4 is 10.6 Å². The van der Waals surface area contributed by atoms with Crippen molar-refractivity contribution in [1.29, 1.82) is 0 Å². The van der Waals surface area contributed by atoms with Crippen LogP contribution in [0, 0.1) is 0 Å². The van der Waals surface area contributed by atoms with Gasteiger partial charge in [-0.05, 0) is 6.07 Å². The molecule has 0 radical (unpaired) electrons. The first-order chi connectivity index (χ1) is 10.7. The second kappa shape index (κ2) is 6.37. The van der Waals surface area contributed by atoms with Crippen molar-refractivity contribution in [3.8, 4) is 0 Å². The Hall–Kier alpha value is -2.71. The van der Waals surface area contributed by atoms with Crippen LogP contribution >= 0.6 is 0 Å². The normalized spacial score (nSPS) is 16.1. The molecule has 116 valence electrons. The van der Waals surface area contributed by atoms with Gasteiger partial charge in [-0.3, -0.25) is 4.68 Å². The van der Waals surface area contributed by atoms with Crippen LogP contribution in [0.5, 0.6) is 0 Å². The molecule has 2 N–H and O–H groups in total. The van der Waals surface area contributed by atoms with Crippen molar-refractivity contribution in [2.24, 2.45) is 17.8 Å². The van der Waals surface area contributed by atoms with Gasteiger partial charge in [0.25, 0.3) is 0 Å². The van der Waals surface area contributed by atoms with Gasteiger partial charge in [0.2, 0.25) is 5.95 Å². The fourth-order valence-corrected chi connectivity index (χ4v) is 2.30. The molecule has 0 bridgehead atoms. The van der Waals surface area contributed by atoms with E-state index in [-0.39, 0.29) is 0 Å². The third-order valence-corrected chi connectivity index (χ3v) is 3.47. The van der Waals surface area contributed by atoms with E-state index < -0.39 is 0 Å². The van der Waals surface area contributed by atoms with E-state index in [0.717, 1.165) is 32.1 Å².